The number of allylic oxidation sites excluding steroid dienone is 1. The molecule has 2 heterocycles. The van der Waals surface area contributed by atoms with Crippen LogP contribution in [-0.2, 0) is 9.59 Å². The number of rotatable bonds is 7. The molecule has 2 amide bonds. The Kier molecular flexibility index (Phi) is 7.95. The van der Waals surface area contributed by atoms with Crippen LogP contribution in [-0.4, -0.2) is 65.3 Å². The second-order valence-corrected chi connectivity index (χ2v) is 8.92. The number of carbonyl (C=O) groups is 2. The van der Waals surface area contributed by atoms with Gasteiger partial charge in [-0.05, 0) is 43.4 Å². The van der Waals surface area contributed by atoms with E-state index in [4.69, 9.17) is 11.6 Å². The maximum atomic E-state index is 13.5. The van der Waals surface area contributed by atoms with Crippen LogP contribution in [0.5, 0.6) is 0 Å². The Balaban J connectivity index is 1.79. The minimum absolute atomic E-state index is 0.0228. The molecule has 5 nitrogen and oxygen atoms in total. The summed E-state index contributed by atoms with van der Waals surface area (Å²) in [5, 5.41) is 0.715. The molecule has 0 radical (unpaired) electrons. The first kappa shape index (κ1) is 22.8. The molecule has 3 rings (SSSR count). The third-order valence-electron chi connectivity index (χ3n) is 6.59. The van der Waals surface area contributed by atoms with Crippen molar-refractivity contribution in [1.29, 1.82) is 0 Å². The van der Waals surface area contributed by atoms with Crippen molar-refractivity contribution >= 4 is 23.4 Å². The van der Waals surface area contributed by atoms with Crippen LogP contribution in [0.15, 0.2) is 36.9 Å². The topological polar surface area (TPSA) is 43.9 Å². The first-order chi connectivity index (χ1) is 14.4. The summed E-state index contributed by atoms with van der Waals surface area (Å²) < 4.78 is 0. The zero-order valence-electron chi connectivity index (χ0n) is 18.2. The van der Waals surface area contributed by atoms with Gasteiger partial charge in [-0.3, -0.25) is 14.5 Å². The lowest BCUT2D eigenvalue weighted by Gasteiger charge is -2.46. The van der Waals surface area contributed by atoms with Crippen LogP contribution >= 0.6 is 11.6 Å². The number of hydrogen-bond acceptors (Lipinski definition) is 3. The van der Waals surface area contributed by atoms with Crippen molar-refractivity contribution in [3.8, 4) is 0 Å². The number of piperazine rings is 1. The molecule has 164 valence electrons. The molecule has 0 bridgehead atoms. The van der Waals surface area contributed by atoms with E-state index in [2.05, 4.69) is 35.4 Å². The predicted molar refractivity (Wildman–Crippen MR) is 121 cm³/mol. The van der Waals surface area contributed by atoms with Gasteiger partial charge in [-0.25, -0.2) is 0 Å². The molecule has 0 N–H and O–H groups in total. The summed E-state index contributed by atoms with van der Waals surface area (Å²) in [4.78, 5) is 31.6. The molecule has 2 unspecified atom stereocenters. The summed E-state index contributed by atoms with van der Waals surface area (Å²) in [7, 11) is 0. The van der Waals surface area contributed by atoms with Crippen molar-refractivity contribution in [3.05, 3.63) is 47.5 Å². The summed E-state index contributed by atoms with van der Waals surface area (Å²) in [6, 6.07) is 8.17. The number of carbonyl (C=O) groups excluding carboxylic acids is 2. The largest absolute Gasteiger partial charge is 0.340 e. The van der Waals surface area contributed by atoms with E-state index in [9.17, 15) is 9.59 Å². The minimum Gasteiger partial charge on any atom is -0.340 e. The summed E-state index contributed by atoms with van der Waals surface area (Å²) in [5.41, 5.74) is 1.16. The average Bonchev–Trinajstić information content (AvgIpc) is 2.75. The van der Waals surface area contributed by atoms with Crippen molar-refractivity contribution in [1.82, 2.24) is 14.7 Å². The summed E-state index contributed by atoms with van der Waals surface area (Å²) in [5.74, 6) is 0.410. The van der Waals surface area contributed by atoms with Gasteiger partial charge in [0.15, 0.2) is 0 Å². The van der Waals surface area contributed by atoms with Crippen LogP contribution in [0.2, 0.25) is 5.02 Å². The summed E-state index contributed by atoms with van der Waals surface area (Å²) >= 11 is 6.11. The molecule has 2 aliphatic heterocycles. The first-order valence-electron chi connectivity index (χ1n) is 11.1. The summed E-state index contributed by atoms with van der Waals surface area (Å²) in [6.07, 6.45) is 5.36. The maximum absolute atomic E-state index is 13.5. The molecule has 2 fully saturated rings. The number of nitrogens with zero attached hydrogens (tertiary/aromatic N) is 3. The van der Waals surface area contributed by atoms with Crippen LogP contribution in [0.25, 0.3) is 0 Å². The first-order valence-corrected chi connectivity index (χ1v) is 11.5. The quantitative estimate of drug-likeness (QED) is 0.609. The third kappa shape index (κ3) is 5.25. The Morgan fingerprint density at radius 3 is 2.43 bits per heavy atom. The Morgan fingerprint density at radius 1 is 1.20 bits per heavy atom. The normalized spacial score (nSPS) is 24.0. The molecule has 3 atom stereocenters. The van der Waals surface area contributed by atoms with E-state index in [0.717, 1.165) is 64.0 Å². The average molecular weight is 432 g/mol. The molecule has 0 aromatic heterocycles. The Bertz CT molecular complexity index is 743. The standard InChI is InChI=1S/C24H34ClN3O2/c1-4-6-20-9-12-23(19-7-10-21(25)11-8-19)28(24(20)30)22(5-2)17-26-13-15-27(16-14-26)18(3)29/h4,7-8,10-11,20,22-23H,1,5-6,9,12-17H2,2-3H3/t20?,22-,23?/m0/s1. The fourth-order valence-corrected chi connectivity index (χ4v) is 4.94. The van der Waals surface area contributed by atoms with Gasteiger partial charge in [-0.2, -0.15) is 0 Å². The fourth-order valence-electron chi connectivity index (χ4n) is 4.81. The van der Waals surface area contributed by atoms with Gasteiger partial charge in [0.1, 0.15) is 0 Å². The molecule has 0 aliphatic carbocycles. The molecule has 6 heteroatoms. The van der Waals surface area contributed by atoms with Gasteiger partial charge in [0.2, 0.25) is 11.8 Å². The molecule has 0 spiro atoms. The lowest BCUT2D eigenvalue weighted by Crippen LogP contribution is -2.55. The van der Waals surface area contributed by atoms with Crippen molar-refractivity contribution < 1.29 is 9.59 Å². The SMILES string of the molecule is C=CCC1CCC(c2ccc(Cl)cc2)N([C@@H](CC)CN2CCN(C(C)=O)CC2)C1=O. The molecule has 1 aromatic carbocycles. The van der Waals surface area contributed by atoms with Crippen LogP contribution in [0.3, 0.4) is 0 Å². The van der Waals surface area contributed by atoms with E-state index >= 15 is 0 Å². The molecule has 1 aromatic rings. The van der Waals surface area contributed by atoms with Crippen LogP contribution in [0, 0.1) is 5.92 Å². The number of halogens is 1. The lowest BCUT2D eigenvalue weighted by atomic mass is 9.85. The van der Waals surface area contributed by atoms with Crippen molar-refractivity contribution in [2.45, 2.75) is 51.6 Å². The second-order valence-electron chi connectivity index (χ2n) is 8.48. The Labute approximate surface area is 185 Å². The van der Waals surface area contributed by atoms with Crippen LogP contribution < -0.4 is 0 Å². The number of amides is 2. The van der Waals surface area contributed by atoms with Gasteiger partial charge in [-0.15, -0.1) is 6.58 Å². The highest BCUT2D eigenvalue weighted by molar-refractivity contribution is 6.30. The smallest absolute Gasteiger partial charge is 0.226 e. The highest BCUT2D eigenvalue weighted by atomic mass is 35.5. The lowest BCUT2D eigenvalue weighted by molar-refractivity contribution is -0.146. The fraction of sp³-hybridized carbons (Fsp3) is 0.583. The van der Waals surface area contributed by atoms with E-state index in [1.165, 1.54) is 0 Å². The Morgan fingerprint density at radius 2 is 1.87 bits per heavy atom. The zero-order valence-corrected chi connectivity index (χ0v) is 19.0. The predicted octanol–water partition coefficient (Wildman–Crippen LogP) is 4.14. The molecular formula is C24H34ClN3O2. The molecule has 2 saturated heterocycles. The monoisotopic (exact) mass is 431 g/mol. The molecule has 0 saturated carbocycles. The van der Waals surface area contributed by atoms with Crippen molar-refractivity contribution in [3.63, 3.8) is 0 Å². The van der Waals surface area contributed by atoms with E-state index in [-0.39, 0.29) is 29.8 Å². The molecule has 30 heavy (non-hydrogen) atoms. The van der Waals surface area contributed by atoms with Gasteiger partial charge in [0.25, 0.3) is 0 Å². The second kappa shape index (κ2) is 10.5. The maximum Gasteiger partial charge on any atom is 0.226 e. The molecule has 2 aliphatic rings. The Hall–Kier alpha value is -1.85. The highest BCUT2D eigenvalue weighted by Crippen LogP contribution is 2.38. The number of benzene rings is 1. The van der Waals surface area contributed by atoms with Gasteiger partial charge >= 0.3 is 0 Å². The van der Waals surface area contributed by atoms with E-state index < -0.39 is 0 Å². The van der Waals surface area contributed by atoms with Gasteiger partial charge in [0.05, 0.1) is 6.04 Å². The third-order valence-corrected chi connectivity index (χ3v) is 6.84. The number of piperidine rings is 1. The van der Waals surface area contributed by atoms with Crippen molar-refractivity contribution in [2.75, 3.05) is 32.7 Å². The van der Waals surface area contributed by atoms with Gasteiger partial charge in [-0.1, -0.05) is 36.7 Å². The van der Waals surface area contributed by atoms with E-state index in [0.29, 0.717) is 5.02 Å². The number of likely N-dealkylation sites (tertiary alicyclic amines) is 1. The molecular weight excluding hydrogens is 398 g/mol. The highest BCUT2D eigenvalue weighted by Gasteiger charge is 2.39. The minimum atomic E-state index is 0.0228. The van der Waals surface area contributed by atoms with Crippen LogP contribution in [0.1, 0.15) is 51.1 Å². The van der Waals surface area contributed by atoms with Crippen molar-refractivity contribution in [2.24, 2.45) is 5.92 Å². The van der Waals surface area contributed by atoms with E-state index in [1.807, 2.05) is 23.1 Å². The number of hydrogen-bond donors (Lipinski definition) is 0. The van der Waals surface area contributed by atoms with Crippen LogP contribution in [0.4, 0.5) is 0 Å². The van der Waals surface area contributed by atoms with E-state index in [1.54, 1.807) is 6.92 Å². The van der Waals surface area contributed by atoms with Gasteiger partial charge < -0.3 is 9.80 Å². The van der Waals surface area contributed by atoms with Gasteiger partial charge in [0, 0.05) is 56.6 Å². The summed E-state index contributed by atoms with van der Waals surface area (Å²) in [6.45, 7) is 11.7. The zero-order chi connectivity index (χ0) is 21.7.